The van der Waals surface area contributed by atoms with E-state index in [9.17, 15) is 0 Å². The number of rotatable bonds is 10. The Hall–Kier alpha value is -0.810. The number of likely N-dealkylation sites (tertiary alicyclic amines) is 1. The fraction of sp³-hybridized carbons (Fsp3) is 0.944. The largest absolute Gasteiger partial charge is 0.383 e. The Balaban J connectivity index is 2.16. The molecule has 1 fully saturated rings. The van der Waals surface area contributed by atoms with E-state index < -0.39 is 0 Å². The summed E-state index contributed by atoms with van der Waals surface area (Å²) in [5.41, 5.74) is 6.03. The lowest BCUT2D eigenvalue weighted by Crippen LogP contribution is -2.40. The van der Waals surface area contributed by atoms with Crippen molar-refractivity contribution in [1.82, 2.24) is 10.2 Å². The Labute approximate surface area is 143 Å². The minimum Gasteiger partial charge on any atom is -0.383 e. The van der Waals surface area contributed by atoms with E-state index in [1.165, 1.54) is 25.7 Å². The van der Waals surface area contributed by atoms with Gasteiger partial charge < -0.3 is 20.7 Å². The molecule has 0 aromatic heterocycles. The van der Waals surface area contributed by atoms with Crippen LogP contribution in [0, 0.1) is 11.8 Å². The van der Waals surface area contributed by atoms with Gasteiger partial charge >= 0.3 is 0 Å². The molecule has 0 saturated carbocycles. The summed E-state index contributed by atoms with van der Waals surface area (Å²) in [7, 11) is 1.76. The van der Waals surface area contributed by atoms with Crippen LogP contribution in [-0.2, 0) is 4.74 Å². The number of aliphatic imine (C=N–C) groups is 1. The van der Waals surface area contributed by atoms with E-state index in [4.69, 9.17) is 10.5 Å². The molecule has 0 amide bonds. The van der Waals surface area contributed by atoms with Crippen LogP contribution in [0.3, 0.4) is 0 Å². The number of hydrogen-bond acceptors (Lipinski definition) is 3. The van der Waals surface area contributed by atoms with Gasteiger partial charge in [-0.25, -0.2) is 0 Å². The number of hydrogen-bond donors (Lipinski definition) is 2. The normalized spacial score (nSPS) is 19.3. The molecule has 1 aliphatic rings. The summed E-state index contributed by atoms with van der Waals surface area (Å²) < 4.78 is 5.14. The molecule has 3 N–H and O–H groups in total. The van der Waals surface area contributed by atoms with Crippen molar-refractivity contribution in [3.8, 4) is 0 Å². The van der Waals surface area contributed by atoms with Crippen LogP contribution < -0.4 is 11.1 Å². The number of methoxy groups -OCH3 is 1. The molecule has 5 heteroatoms. The molecule has 1 aliphatic heterocycles. The van der Waals surface area contributed by atoms with Gasteiger partial charge in [0, 0.05) is 26.2 Å². The maximum atomic E-state index is 6.03. The van der Waals surface area contributed by atoms with Gasteiger partial charge in [0.1, 0.15) is 0 Å². The average molecular weight is 327 g/mol. The van der Waals surface area contributed by atoms with Crippen molar-refractivity contribution in [1.29, 1.82) is 0 Å². The van der Waals surface area contributed by atoms with Crippen LogP contribution >= 0.6 is 0 Å². The van der Waals surface area contributed by atoms with Gasteiger partial charge in [-0.3, -0.25) is 4.99 Å². The number of nitrogens with two attached hydrogens (primary N) is 1. The number of piperidine rings is 1. The van der Waals surface area contributed by atoms with Gasteiger partial charge in [0.25, 0.3) is 0 Å². The maximum absolute atomic E-state index is 6.03. The Bertz CT molecular complexity index is 325. The third kappa shape index (κ3) is 9.82. The molecule has 0 spiro atoms. The smallest absolute Gasteiger partial charge is 0.188 e. The molecular weight excluding hydrogens is 288 g/mol. The Morgan fingerprint density at radius 2 is 1.96 bits per heavy atom. The first-order chi connectivity index (χ1) is 11.0. The zero-order chi connectivity index (χ0) is 17.1. The van der Waals surface area contributed by atoms with Gasteiger partial charge in [-0.2, -0.15) is 0 Å². The van der Waals surface area contributed by atoms with E-state index in [0.717, 1.165) is 45.1 Å². The summed E-state index contributed by atoms with van der Waals surface area (Å²) in [4.78, 5) is 7.03. The summed E-state index contributed by atoms with van der Waals surface area (Å²) in [5.74, 6) is 2.07. The lowest BCUT2D eigenvalue weighted by Gasteiger charge is -2.31. The van der Waals surface area contributed by atoms with Crippen LogP contribution in [0.15, 0.2) is 4.99 Å². The number of guanidine groups is 1. The van der Waals surface area contributed by atoms with Crippen molar-refractivity contribution < 1.29 is 4.74 Å². The van der Waals surface area contributed by atoms with Crippen LogP contribution in [0.2, 0.25) is 0 Å². The third-order valence-corrected chi connectivity index (χ3v) is 4.65. The monoisotopic (exact) mass is 326 g/mol. The zero-order valence-electron chi connectivity index (χ0n) is 15.7. The fourth-order valence-electron chi connectivity index (χ4n) is 3.04. The second kappa shape index (κ2) is 11.7. The van der Waals surface area contributed by atoms with Gasteiger partial charge in [0.05, 0.1) is 6.61 Å². The molecule has 1 saturated heterocycles. The predicted octanol–water partition coefficient (Wildman–Crippen LogP) is 2.46. The highest BCUT2D eigenvalue weighted by molar-refractivity contribution is 5.78. The van der Waals surface area contributed by atoms with Crippen molar-refractivity contribution in [2.24, 2.45) is 22.6 Å². The topological polar surface area (TPSA) is 62.9 Å². The van der Waals surface area contributed by atoms with Crippen LogP contribution in [-0.4, -0.2) is 56.8 Å². The molecule has 136 valence electrons. The van der Waals surface area contributed by atoms with E-state index in [1.54, 1.807) is 7.11 Å². The van der Waals surface area contributed by atoms with Crippen molar-refractivity contribution in [3.05, 3.63) is 0 Å². The van der Waals surface area contributed by atoms with Crippen molar-refractivity contribution in [2.75, 3.05) is 39.9 Å². The van der Waals surface area contributed by atoms with E-state index in [1.807, 2.05) is 0 Å². The highest BCUT2D eigenvalue weighted by atomic mass is 16.5. The SMILES string of the molecule is COCCN1CCC(CN=C(N)NC(C)CCCC(C)C)CC1. The number of nitrogens with zero attached hydrogens (tertiary/aromatic N) is 2. The Morgan fingerprint density at radius 1 is 1.26 bits per heavy atom. The minimum atomic E-state index is 0.411. The number of ether oxygens (including phenoxy) is 1. The van der Waals surface area contributed by atoms with Crippen molar-refractivity contribution >= 4 is 5.96 Å². The lowest BCUT2D eigenvalue weighted by molar-refractivity contribution is 0.121. The van der Waals surface area contributed by atoms with Crippen molar-refractivity contribution in [3.63, 3.8) is 0 Å². The lowest BCUT2D eigenvalue weighted by atomic mass is 9.97. The van der Waals surface area contributed by atoms with E-state index in [0.29, 0.717) is 17.9 Å². The Morgan fingerprint density at radius 3 is 2.57 bits per heavy atom. The zero-order valence-corrected chi connectivity index (χ0v) is 15.7. The molecule has 1 unspecified atom stereocenters. The third-order valence-electron chi connectivity index (χ3n) is 4.65. The molecule has 1 heterocycles. The predicted molar refractivity (Wildman–Crippen MR) is 98.8 cm³/mol. The van der Waals surface area contributed by atoms with Gasteiger partial charge in [0.2, 0.25) is 0 Å². The fourth-order valence-corrected chi connectivity index (χ4v) is 3.04. The molecule has 5 nitrogen and oxygen atoms in total. The van der Waals surface area contributed by atoms with Gasteiger partial charge in [0.15, 0.2) is 5.96 Å². The summed E-state index contributed by atoms with van der Waals surface area (Å²) in [5, 5.41) is 3.33. The van der Waals surface area contributed by atoms with Crippen LogP contribution in [0.5, 0.6) is 0 Å². The first-order valence-electron chi connectivity index (χ1n) is 9.29. The summed E-state index contributed by atoms with van der Waals surface area (Å²) in [6.07, 6.45) is 6.12. The van der Waals surface area contributed by atoms with Gasteiger partial charge in [-0.15, -0.1) is 0 Å². The molecule has 23 heavy (non-hydrogen) atoms. The van der Waals surface area contributed by atoms with Crippen molar-refractivity contribution in [2.45, 2.75) is 58.9 Å². The summed E-state index contributed by atoms with van der Waals surface area (Å²) in [6, 6.07) is 0.411. The van der Waals surface area contributed by atoms with E-state index in [-0.39, 0.29) is 0 Å². The standard InChI is InChI=1S/C18H38N4O/c1-15(2)6-5-7-16(3)21-18(19)20-14-17-8-10-22(11-9-17)12-13-23-4/h15-17H,5-14H2,1-4H3,(H3,19,20,21). The molecule has 0 aromatic rings. The first kappa shape index (κ1) is 20.2. The second-order valence-corrected chi connectivity index (χ2v) is 7.37. The van der Waals surface area contributed by atoms with Crippen LogP contribution in [0.1, 0.15) is 52.9 Å². The Kier molecular flexibility index (Phi) is 10.3. The molecule has 0 radical (unpaired) electrons. The highest BCUT2D eigenvalue weighted by Crippen LogP contribution is 2.17. The van der Waals surface area contributed by atoms with Crippen LogP contribution in [0.25, 0.3) is 0 Å². The van der Waals surface area contributed by atoms with Gasteiger partial charge in [-0.1, -0.05) is 26.7 Å². The molecule has 0 aliphatic carbocycles. The maximum Gasteiger partial charge on any atom is 0.188 e. The highest BCUT2D eigenvalue weighted by Gasteiger charge is 2.18. The molecular formula is C18H38N4O. The molecule has 0 aromatic carbocycles. The summed E-state index contributed by atoms with van der Waals surface area (Å²) in [6.45, 7) is 11.8. The van der Waals surface area contributed by atoms with E-state index in [2.05, 4.69) is 36.0 Å². The molecule has 0 bridgehead atoms. The minimum absolute atomic E-state index is 0.411. The average Bonchev–Trinajstić information content (AvgIpc) is 2.51. The quantitative estimate of drug-likeness (QED) is 0.478. The van der Waals surface area contributed by atoms with Crippen LogP contribution in [0.4, 0.5) is 0 Å². The first-order valence-corrected chi connectivity index (χ1v) is 9.29. The second-order valence-electron chi connectivity index (χ2n) is 7.37. The van der Waals surface area contributed by atoms with Gasteiger partial charge in [-0.05, 0) is 51.1 Å². The molecule has 1 atom stereocenters. The van der Waals surface area contributed by atoms with E-state index >= 15 is 0 Å². The molecule has 1 rings (SSSR count). The summed E-state index contributed by atoms with van der Waals surface area (Å²) >= 11 is 0. The number of nitrogens with one attached hydrogen (secondary N) is 1.